The second kappa shape index (κ2) is 5.69. The maximum absolute atomic E-state index is 12.9. The van der Waals surface area contributed by atoms with E-state index >= 15 is 0 Å². The molecule has 1 saturated heterocycles. The Morgan fingerprint density at radius 2 is 1.79 bits per heavy atom. The summed E-state index contributed by atoms with van der Waals surface area (Å²) in [5.74, 6) is 1.80. The molecule has 0 N–H and O–H groups in total. The largest absolute Gasteiger partial charge is 0.337 e. The highest BCUT2D eigenvalue weighted by Crippen LogP contribution is 2.42. The van der Waals surface area contributed by atoms with E-state index in [0.717, 1.165) is 18.9 Å². The van der Waals surface area contributed by atoms with Gasteiger partial charge in [-0.2, -0.15) is 0 Å². The number of aromatic nitrogens is 2. The minimum absolute atomic E-state index is 0.0452. The first-order valence-corrected chi connectivity index (χ1v) is 8.71. The summed E-state index contributed by atoms with van der Waals surface area (Å²) in [4.78, 5) is 23.6. The van der Waals surface area contributed by atoms with Crippen LogP contribution in [0.25, 0.3) is 0 Å². The zero-order valence-corrected chi connectivity index (χ0v) is 14.3. The molecule has 0 bridgehead atoms. The Bertz CT molecular complexity index is 735. The molecule has 1 aliphatic heterocycles. The van der Waals surface area contributed by atoms with E-state index in [4.69, 9.17) is 0 Å². The third-order valence-electron chi connectivity index (χ3n) is 5.30. The van der Waals surface area contributed by atoms with Crippen molar-refractivity contribution in [1.82, 2.24) is 14.9 Å². The van der Waals surface area contributed by atoms with Gasteiger partial charge in [0.05, 0.1) is 5.56 Å². The van der Waals surface area contributed by atoms with Crippen molar-refractivity contribution in [2.75, 3.05) is 13.1 Å². The number of benzene rings is 1. The summed E-state index contributed by atoms with van der Waals surface area (Å²) in [5.41, 5.74) is 1.97. The molecule has 2 heterocycles. The van der Waals surface area contributed by atoms with Gasteiger partial charge >= 0.3 is 0 Å². The molecular weight excluding hydrogens is 298 g/mol. The van der Waals surface area contributed by atoms with Crippen LogP contribution in [0.1, 0.15) is 60.3 Å². The van der Waals surface area contributed by atoms with Crippen molar-refractivity contribution in [3.05, 3.63) is 59.7 Å². The van der Waals surface area contributed by atoms with Crippen molar-refractivity contribution >= 4 is 5.91 Å². The zero-order chi connectivity index (χ0) is 16.7. The van der Waals surface area contributed by atoms with E-state index in [-0.39, 0.29) is 11.3 Å². The summed E-state index contributed by atoms with van der Waals surface area (Å²) >= 11 is 0. The number of carbonyl (C=O) groups excluding carboxylic acids is 1. The zero-order valence-electron chi connectivity index (χ0n) is 14.3. The molecule has 24 heavy (non-hydrogen) atoms. The Morgan fingerprint density at radius 1 is 1.12 bits per heavy atom. The smallest absolute Gasteiger partial charge is 0.257 e. The molecule has 1 saturated carbocycles. The van der Waals surface area contributed by atoms with E-state index in [1.54, 1.807) is 12.4 Å². The lowest BCUT2D eigenvalue weighted by molar-refractivity contribution is 0.0777. The monoisotopic (exact) mass is 321 g/mol. The molecule has 1 amide bonds. The minimum Gasteiger partial charge on any atom is -0.337 e. The molecule has 1 aromatic carbocycles. The molecule has 0 spiro atoms. The van der Waals surface area contributed by atoms with Crippen molar-refractivity contribution < 1.29 is 4.79 Å². The Balaban J connectivity index is 1.53. The molecule has 0 unspecified atom stereocenters. The number of nitrogens with zero attached hydrogens (tertiary/aromatic N) is 3. The normalized spacial score (nSPS) is 22.6. The molecular formula is C20H23N3O. The van der Waals surface area contributed by atoms with Crippen molar-refractivity contribution in [1.29, 1.82) is 0 Å². The number of hydrogen-bond acceptors (Lipinski definition) is 3. The quantitative estimate of drug-likeness (QED) is 0.867. The van der Waals surface area contributed by atoms with Crippen LogP contribution in [0.4, 0.5) is 0 Å². The van der Waals surface area contributed by atoms with Crippen molar-refractivity contribution in [3.63, 3.8) is 0 Å². The third kappa shape index (κ3) is 2.81. The maximum atomic E-state index is 12.9. The van der Waals surface area contributed by atoms with Crippen LogP contribution in [-0.4, -0.2) is 33.9 Å². The molecule has 2 fully saturated rings. The number of hydrogen-bond donors (Lipinski definition) is 0. The first-order valence-electron chi connectivity index (χ1n) is 8.71. The van der Waals surface area contributed by atoms with Gasteiger partial charge in [0.15, 0.2) is 0 Å². The summed E-state index contributed by atoms with van der Waals surface area (Å²) in [6, 6.07) is 10.5. The molecule has 1 aromatic heterocycles. The lowest BCUT2D eigenvalue weighted by atomic mass is 9.78. The summed E-state index contributed by atoms with van der Waals surface area (Å²) in [5, 5.41) is 0. The number of likely N-dealkylation sites (tertiary alicyclic amines) is 1. The molecule has 124 valence electrons. The molecule has 2 aliphatic rings. The number of amides is 1. The molecule has 4 heteroatoms. The van der Waals surface area contributed by atoms with Crippen molar-refractivity contribution in [2.24, 2.45) is 5.41 Å². The van der Waals surface area contributed by atoms with Gasteiger partial charge in [0.25, 0.3) is 5.91 Å². The summed E-state index contributed by atoms with van der Waals surface area (Å²) in [7, 11) is 0. The Labute approximate surface area is 142 Å². The van der Waals surface area contributed by atoms with E-state index in [1.165, 1.54) is 18.4 Å². The predicted octanol–water partition coefficient (Wildman–Crippen LogP) is 3.62. The predicted molar refractivity (Wildman–Crippen MR) is 92.9 cm³/mol. The van der Waals surface area contributed by atoms with Gasteiger partial charge in [-0.25, -0.2) is 9.97 Å². The Kier molecular flexibility index (Phi) is 3.63. The second-order valence-electron chi connectivity index (χ2n) is 7.74. The molecule has 2 aromatic rings. The molecule has 4 nitrogen and oxygen atoms in total. The van der Waals surface area contributed by atoms with Gasteiger partial charge < -0.3 is 4.90 Å². The van der Waals surface area contributed by atoms with Gasteiger partial charge in [-0.05, 0) is 23.8 Å². The van der Waals surface area contributed by atoms with E-state index in [9.17, 15) is 4.79 Å². The summed E-state index contributed by atoms with van der Waals surface area (Å²) in [6.07, 6.45) is 5.75. The van der Waals surface area contributed by atoms with Gasteiger partial charge in [-0.3, -0.25) is 4.79 Å². The highest BCUT2D eigenvalue weighted by Gasteiger charge is 2.42. The van der Waals surface area contributed by atoms with Gasteiger partial charge in [0.1, 0.15) is 5.82 Å². The lowest BCUT2D eigenvalue weighted by Gasteiger charge is -2.25. The number of rotatable bonds is 3. The van der Waals surface area contributed by atoms with Crippen LogP contribution in [0.15, 0.2) is 42.7 Å². The molecule has 0 radical (unpaired) electrons. The molecule has 1 atom stereocenters. The molecule has 4 rings (SSSR count). The van der Waals surface area contributed by atoms with Crippen LogP contribution in [0.3, 0.4) is 0 Å². The van der Waals surface area contributed by atoms with Crippen LogP contribution in [0, 0.1) is 5.41 Å². The van der Waals surface area contributed by atoms with Crippen LogP contribution in [0.2, 0.25) is 0 Å². The van der Waals surface area contributed by atoms with Gasteiger partial charge in [-0.15, -0.1) is 0 Å². The van der Waals surface area contributed by atoms with Gasteiger partial charge in [-0.1, -0.05) is 44.2 Å². The Morgan fingerprint density at radius 3 is 2.42 bits per heavy atom. The first-order chi connectivity index (χ1) is 11.5. The average Bonchev–Trinajstić information content (AvgIpc) is 3.39. The second-order valence-corrected chi connectivity index (χ2v) is 7.74. The van der Waals surface area contributed by atoms with Gasteiger partial charge in [0.2, 0.25) is 0 Å². The van der Waals surface area contributed by atoms with E-state index in [0.29, 0.717) is 17.4 Å². The van der Waals surface area contributed by atoms with Crippen molar-refractivity contribution in [3.8, 4) is 0 Å². The van der Waals surface area contributed by atoms with Crippen LogP contribution in [0.5, 0.6) is 0 Å². The fourth-order valence-electron chi connectivity index (χ4n) is 3.71. The highest BCUT2D eigenvalue weighted by molar-refractivity contribution is 5.94. The number of carbonyl (C=O) groups is 1. The maximum Gasteiger partial charge on any atom is 0.257 e. The highest BCUT2D eigenvalue weighted by atomic mass is 16.2. The summed E-state index contributed by atoms with van der Waals surface area (Å²) < 4.78 is 0. The fraction of sp³-hybridized carbons (Fsp3) is 0.450. The van der Waals surface area contributed by atoms with Crippen LogP contribution >= 0.6 is 0 Å². The van der Waals surface area contributed by atoms with E-state index < -0.39 is 0 Å². The first kappa shape index (κ1) is 15.3. The van der Waals surface area contributed by atoms with E-state index in [1.807, 2.05) is 11.0 Å². The average molecular weight is 321 g/mol. The SMILES string of the molecule is CC1(C)CN(C(=O)c2cnc(C3CC3)nc2)C[C@@H]1c1ccccc1. The van der Waals surface area contributed by atoms with Crippen molar-refractivity contribution in [2.45, 2.75) is 38.5 Å². The topological polar surface area (TPSA) is 46.1 Å². The third-order valence-corrected chi connectivity index (χ3v) is 5.30. The Hall–Kier alpha value is -2.23. The van der Waals surface area contributed by atoms with Gasteiger partial charge in [0, 0.05) is 37.3 Å². The molecule has 1 aliphatic carbocycles. The minimum atomic E-state index is 0.0452. The van der Waals surface area contributed by atoms with E-state index in [2.05, 4.69) is 48.1 Å². The summed E-state index contributed by atoms with van der Waals surface area (Å²) in [6.45, 7) is 5.99. The standard InChI is InChI=1S/C20H23N3O/c1-20(2)13-23(12-17(20)14-6-4-3-5-7-14)19(24)16-10-21-18(22-11-16)15-8-9-15/h3-7,10-11,15,17H,8-9,12-13H2,1-2H3/t17-/m1/s1. The lowest BCUT2D eigenvalue weighted by Crippen LogP contribution is -2.30. The fourth-order valence-corrected chi connectivity index (χ4v) is 3.71. The van der Waals surface area contributed by atoms with Crippen LogP contribution in [-0.2, 0) is 0 Å². The van der Waals surface area contributed by atoms with Crippen LogP contribution < -0.4 is 0 Å².